The molecule has 38 heavy (non-hydrogen) atoms. The zero-order valence-electron chi connectivity index (χ0n) is 23.3. The summed E-state index contributed by atoms with van der Waals surface area (Å²) in [5, 5.41) is 0. The van der Waals surface area contributed by atoms with E-state index in [2.05, 4.69) is 112 Å². The van der Waals surface area contributed by atoms with Gasteiger partial charge in [-0.3, -0.25) is 0 Å². The Bertz CT molecular complexity index is 1370. The van der Waals surface area contributed by atoms with E-state index in [1.54, 1.807) is 0 Å². The molecule has 4 heteroatoms. The fourth-order valence-corrected chi connectivity index (χ4v) is 36.3. The minimum absolute atomic E-state index is 0.171. The van der Waals surface area contributed by atoms with Crippen molar-refractivity contribution in [2.75, 3.05) is 0 Å². The van der Waals surface area contributed by atoms with Gasteiger partial charge in [-0.25, -0.2) is 0 Å². The summed E-state index contributed by atoms with van der Waals surface area (Å²) in [5.74, 6) is -1.48. The van der Waals surface area contributed by atoms with E-state index in [4.69, 9.17) is 17.0 Å². The van der Waals surface area contributed by atoms with Crippen molar-refractivity contribution in [2.24, 2.45) is 0 Å². The summed E-state index contributed by atoms with van der Waals surface area (Å²) in [6.07, 6.45) is 14.3. The SMILES string of the molecule is CCCCCCC1=Cc2c(-c3ccc(CC)cc3)cccc2[CH]1[Zr]([Cl])([Cl])([CH]1C=Cc2ccccc21)[SiH](C)C. The fraction of sp³-hybridized carbons (Fsp3) is 0.353. The molecule has 0 amide bonds. The van der Waals surface area contributed by atoms with Crippen molar-refractivity contribution in [1.82, 2.24) is 0 Å². The van der Waals surface area contributed by atoms with E-state index in [-0.39, 0.29) is 7.25 Å². The Labute approximate surface area is 239 Å². The molecule has 2 aliphatic carbocycles. The minimum atomic E-state index is -4.53. The van der Waals surface area contributed by atoms with Crippen LogP contribution in [0, 0.1) is 0 Å². The van der Waals surface area contributed by atoms with Crippen LogP contribution in [0.25, 0.3) is 23.3 Å². The van der Waals surface area contributed by atoms with Gasteiger partial charge in [-0.05, 0) is 0 Å². The van der Waals surface area contributed by atoms with Gasteiger partial charge in [0.1, 0.15) is 0 Å². The Morgan fingerprint density at radius 1 is 0.816 bits per heavy atom. The van der Waals surface area contributed by atoms with Crippen LogP contribution in [0.15, 0.2) is 78.4 Å². The van der Waals surface area contributed by atoms with Gasteiger partial charge in [-0.1, -0.05) is 0 Å². The second-order valence-electron chi connectivity index (χ2n) is 11.7. The van der Waals surface area contributed by atoms with E-state index in [1.807, 2.05) is 0 Å². The fourth-order valence-electron chi connectivity index (χ4n) is 6.86. The van der Waals surface area contributed by atoms with Crippen molar-refractivity contribution in [3.8, 4) is 11.1 Å². The van der Waals surface area contributed by atoms with E-state index in [0.29, 0.717) is 0 Å². The van der Waals surface area contributed by atoms with Gasteiger partial charge >= 0.3 is 241 Å². The Balaban J connectivity index is 1.67. The number of rotatable bonds is 10. The first-order valence-electron chi connectivity index (χ1n) is 14.6. The summed E-state index contributed by atoms with van der Waals surface area (Å²) in [6.45, 7) is 9.36. The third kappa shape index (κ3) is 4.83. The number of aryl methyl sites for hydroxylation is 1. The molecule has 0 bridgehead atoms. The molecule has 199 valence electrons. The summed E-state index contributed by atoms with van der Waals surface area (Å²) in [7, 11) is 16.6. The number of hydrogen-bond donors (Lipinski definition) is 0. The van der Waals surface area contributed by atoms with Gasteiger partial charge in [0.05, 0.1) is 0 Å². The monoisotopic (exact) mass is 637 g/mol. The summed E-state index contributed by atoms with van der Waals surface area (Å²) in [6, 6.07) is 24.8. The number of halogens is 2. The molecule has 0 N–H and O–H groups in total. The molecule has 2 aliphatic rings. The molecule has 0 fully saturated rings. The Kier molecular flexibility index (Phi) is 8.48. The molecule has 0 saturated heterocycles. The van der Waals surface area contributed by atoms with Gasteiger partial charge in [-0.15, -0.1) is 0 Å². The summed E-state index contributed by atoms with van der Waals surface area (Å²) >= 11 is -4.53. The Morgan fingerprint density at radius 2 is 1.55 bits per heavy atom. The molecule has 0 saturated carbocycles. The standard InChI is InChI=1S/C23H27.C9H7.C2H7Si.2ClH.Zr/c1-3-5-6-7-9-19-16-21-10-8-11-22(23(21)17-19)20-14-12-18(4-2)13-15-20;1-2-5-9-7-3-6-8(9)4-1;1-3-2;;;/h8,10-17H,3-7,9H2,1-2H3;1-7H;3H,1-2H3;2*1H;/q;;;;;+2/p-2. The van der Waals surface area contributed by atoms with Crippen LogP contribution in [0.3, 0.4) is 0 Å². The molecule has 0 aromatic heterocycles. The molecule has 0 radical (unpaired) electrons. The molecule has 0 heterocycles. The van der Waals surface area contributed by atoms with Gasteiger partial charge < -0.3 is 0 Å². The first kappa shape index (κ1) is 28.4. The summed E-state index contributed by atoms with van der Waals surface area (Å²) in [4.78, 5) is 0. The molecule has 0 nitrogen and oxygen atoms in total. The Hall–Kier alpha value is -1.18. The molecular formula is C34H41Cl2SiZr. The Morgan fingerprint density at radius 3 is 2.26 bits per heavy atom. The maximum absolute atomic E-state index is 8.32. The van der Waals surface area contributed by atoms with Gasteiger partial charge in [0.25, 0.3) is 0 Å². The zero-order valence-corrected chi connectivity index (χ0v) is 28.4. The average molecular weight is 640 g/mol. The van der Waals surface area contributed by atoms with Crippen molar-refractivity contribution in [3.05, 3.63) is 106 Å². The van der Waals surface area contributed by atoms with E-state index in [9.17, 15) is 0 Å². The maximum atomic E-state index is 8.32. The van der Waals surface area contributed by atoms with Crippen molar-refractivity contribution in [1.29, 1.82) is 0 Å². The van der Waals surface area contributed by atoms with E-state index in [1.165, 1.54) is 70.2 Å². The molecule has 0 aliphatic heterocycles. The predicted octanol–water partition coefficient (Wildman–Crippen LogP) is 11.1. The molecule has 2 atom stereocenters. The van der Waals surface area contributed by atoms with Crippen LogP contribution in [0.2, 0.25) is 13.1 Å². The third-order valence-corrected chi connectivity index (χ3v) is 61.2. The van der Waals surface area contributed by atoms with Crippen LogP contribution >= 0.6 is 17.0 Å². The quantitative estimate of drug-likeness (QED) is 0.153. The van der Waals surface area contributed by atoms with Gasteiger partial charge in [0, 0.05) is 0 Å². The number of fused-ring (bicyclic) bond motifs is 2. The predicted molar refractivity (Wildman–Crippen MR) is 170 cm³/mol. The van der Waals surface area contributed by atoms with Crippen molar-refractivity contribution >= 4 is 35.1 Å². The van der Waals surface area contributed by atoms with Gasteiger partial charge in [0.2, 0.25) is 0 Å². The molecular weight excluding hydrogens is 599 g/mol. The molecule has 3 aromatic carbocycles. The number of benzene rings is 3. The van der Waals surface area contributed by atoms with Crippen LogP contribution in [0.4, 0.5) is 0 Å². The van der Waals surface area contributed by atoms with Crippen molar-refractivity contribution < 1.29 is 15.6 Å². The molecule has 2 unspecified atom stereocenters. The van der Waals surface area contributed by atoms with Crippen LogP contribution in [0.5, 0.6) is 0 Å². The summed E-state index contributed by atoms with van der Waals surface area (Å²) in [5.41, 5.74) is 10.9. The van der Waals surface area contributed by atoms with Crippen molar-refractivity contribution in [3.63, 3.8) is 0 Å². The second kappa shape index (κ2) is 11.4. The summed E-state index contributed by atoms with van der Waals surface area (Å²) < 4.78 is 0.351. The second-order valence-corrected chi connectivity index (χ2v) is 54.3. The van der Waals surface area contributed by atoms with E-state index >= 15 is 0 Å². The molecule has 0 spiro atoms. The first-order chi connectivity index (χ1) is 18.3. The van der Waals surface area contributed by atoms with Crippen LogP contribution in [-0.4, -0.2) is 5.92 Å². The number of allylic oxidation sites excluding steroid dienone is 2. The normalized spacial score (nSPS) is 19.2. The number of unbranched alkanes of at least 4 members (excludes halogenated alkanes) is 3. The van der Waals surface area contributed by atoms with Gasteiger partial charge in [-0.2, -0.15) is 0 Å². The van der Waals surface area contributed by atoms with Gasteiger partial charge in [0.15, 0.2) is 0 Å². The number of hydrogen-bond acceptors (Lipinski definition) is 0. The molecule has 5 rings (SSSR count). The van der Waals surface area contributed by atoms with E-state index in [0.717, 1.165) is 12.8 Å². The third-order valence-electron chi connectivity index (χ3n) is 9.19. The average Bonchev–Trinajstić information content (AvgIpc) is 3.54. The zero-order chi connectivity index (χ0) is 26.9. The van der Waals surface area contributed by atoms with E-state index < -0.39 is 21.5 Å². The van der Waals surface area contributed by atoms with Crippen LogP contribution in [0.1, 0.15) is 81.0 Å². The van der Waals surface area contributed by atoms with Crippen LogP contribution in [-0.2, 0) is 22.0 Å². The van der Waals surface area contributed by atoms with Crippen molar-refractivity contribution in [2.45, 2.75) is 72.7 Å². The van der Waals surface area contributed by atoms with Crippen LogP contribution < -0.4 is 0 Å². The topological polar surface area (TPSA) is 0 Å². The molecule has 3 aromatic rings. The first-order valence-corrected chi connectivity index (χ1v) is 30.9.